The molecule has 3 aromatic carbocycles. The number of sulfonamides is 1. The zero-order chi connectivity index (χ0) is 24.5. The summed E-state index contributed by atoms with van der Waals surface area (Å²) in [7, 11) is -3.62. The van der Waals surface area contributed by atoms with E-state index in [1.165, 1.54) is 10.6 Å². The van der Waals surface area contributed by atoms with Gasteiger partial charge in [-0.3, -0.25) is 10.8 Å². The molecular formula is C25H31Cl2N5O3S. The fraction of sp³-hybridized carbons (Fsp3) is 0.280. The van der Waals surface area contributed by atoms with Gasteiger partial charge in [-0.05, 0) is 60.2 Å². The van der Waals surface area contributed by atoms with E-state index >= 15 is 0 Å². The van der Waals surface area contributed by atoms with E-state index in [0.29, 0.717) is 28.5 Å². The molecule has 0 unspecified atom stereocenters. The summed E-state index contributed by atoms with van der Waals surface area (Å²) >= 11 is 0. The van der Waals surface area contributed by atoms with Crippen LogP contribution in [0.3, 0.4) is 0 Å². The van der Waals surface area contributed by atoms with Gasteiger partial charge in [-0.2, -0.15) is 0 Å². The van der Waals surface area contributed by atoms with Crippen molar-refractivity contribution < 1.29 is 13.2 Å². The molecule has 0 radical (unpaired) electrons. The van der Waals surface area contributed by atoms with Gasteiger partial charge in [-0.25, -0.2) is 12.7 Å². The summed E-state index contributed by atoms with van der Waals surface area (Å²) in [5.41, 5.74) is 7.20. The first-order valence-electron chi connectivity index (χ1n) is 11.1. The molecule has 8 nitrogen and oxygen atoms in total. The van der Waals surface area contributed by atoms with E-state index < -0.39 is 10.0 Å². The smallest absolute Gasteiger partial charge is 0.236 e. The lowest BCUT2D eigenvalue weighted by Gasteiger charge is -2.32. The first kappa shape index (κ1) is 29.2. The van der Waals surface area contributed by atoms with Crippen molar-refractivity contribution in [2.75, 3.05) is 23.7 Å². The quantitative estimate of drug-likeness (QED) is 0.296. The van der Waals surface area contributed by atoms with Gasteiger partial charge in [0.25, 0.3) is 0 Å². The van der Waals surface area contributed by atoms with Crippen LogP contribution >= 0.6 is 24.8 Å². The molecule has 4 rings (SSSR count). The van der Waals surface area contributed by atoms with Crippen LogP contribution in [0.1, 0.15) is 25.3 Å². The molecule has 1 heterocycles. The van der Waals surface area contributed by atoms with Gasteiger partial charge in [0.05, 0.1) is 23.5 Å². The van der Waals surface area contributed by atoms with Crippen LogP contribution in [0, 0.1) is 10.8 Å². The van der Waals surface area contributed by atoms with Gasteiger partial charge in [0.15, 0.2) is 0 Å². The Balaban J connectivity index is 0.00000228. The fourth-order valence-electron chi connectivity index (χ4n) is 4.22. The summed E-state index contributed by atoms with van der Waals surface area (Å²) in [6, 6.07) is 17.9. The average molecular weight is 553 g/mol. The predicted molar refractivity (Wildman–Crippen MR) is 152 cm³/mol. The number of amidine groups is 2. The van der Waals surface area contributed by atoms with Crippen LogP contribution in [0.4, 0.5) is 11.4 Å². The average Bonchev–Trinajstić information content (AvgIpc) is 2.79. The Morgan fingerprint density at radius 2 is 1.53 bits per heavy atom. The second-order valence-corrected chi connectivity index (χ2v) is 10.4. The van der Waals surface area contributed by atoms with Crippen LogP contribution in [-0.4, -0.2) is 50.4 Å². The first-order valence-corrected chi connectivity index (χ1v) is 12.9. The van der Waals surface area contributed by atoms with Crippen LogP contribution in [-0.2, 0) is 10.0 Å². The van der Waals surface area contributed by atoms with Crippen LogP contribution in [0.2, 0.25) is 0 Å². The van der Waals surface area contributed by atoms with Crippen LogP contribution in [0.25, 0.3) is 10.8 Å². The Morgan fingerprint density at radius 3 is 2.08 bits per heavy atom. The van der Waals surface area contributed by atoms with Gasteiger partial charge >= 0.3 is 0 Å². The molecule has 4 N–H and O–H groups in total. The van der Waals surface area contributed by atoms with Crippen LogP contribution in [0.15, 0.2) is 60.7 Å². The molecule has 1 aliphatic rings. The molecule has 3 aromatic rings. The fourth-order valence-corrected chi connectivity index (χ4v) is 5.22. The molecule has 0 atom stereocenters. The van der Waals surface area contributed by atoms with Crippen molar-refractivity contribution in [1.29, 1.82) is 10.8 Å². The number of hydrogen-bond donors (Lipinski definition) is 3. The highest BCUT2D eigenvalue weighted by molar-refractivity contribution is 7.92. The molecule has 1 saturated heterocycles. The lowest BCUT2D eigenvalue weighted by atomic mass is 10.1. The van der Waals surface area contributed by atoms with E-state index in [1.54, 1.807) is 55.5 Å². The topological polar surface area (TPSA) is 124 Å². The highest BCUT2D eigenvalue weighted by Gasteiger charge is 2.22. The number of nitrogens with zero attached hydrogens (tertiary/aromatic N) is 2. The molecule has 0 aromatic heterocycles. The third kappa shape index (κ3) is 6.60. The van der Waals surface area contributed by atoms with Gasteiger partial charge in [-0.1, -0.05) is 18.2 Å². The lowest BCUT2D eigenvalue weighted by Crippen LogP contribution is -2.40. The predicted octanol–water partition coefficient (Wildman–Crippen LogP) is 4.91. The molecule has 0 saturated carbocycles. The maximum Gasteiger partial charge on any atom is 0.236 e. The van der Waals surface area contributed by atoms with Crippen molar-refractivity contribution in [2.24, 2.45) is 5.73 Å². The van der Waals surface area contributed by atoms with Gasteiger partial charge in [0, 0.05) is 31.5 Å². The van der Waals surface area contributed by atoms with E-state index in [4.69, 9.17) is 21.3 Å². The van der Waals surface area contributed by atoms with Gasteiger partial charge in [0.1, 0.15) is 17.7 Å². The van der Waals surface area contributed by atoms with E-state index in [0.717, 1.165) is 36.7 Å². The molecule has 0 spiro atoms. The summed E-state index contributed by atoms with van der Waals surface area (Å²) in [6.07, 6.45) is 2.93. The standard InChI is InChI=1S/C25H29N5O3S.2ClH/c1-17(26)29-13-11-24(12-14-29)33-23-9-7-21(8-10-23)30(34(2,31)32)22-6-5-18-3-4-19(25(27)28)15-20(18)16-22;;/h3-10,15-16,24,26H,11-14H2,1-2H3,(H3,27,28);2*1H. The lowest BCUT2D eigenvalue weighted by molar-refractivity contribution is 0.130. The number of nitrogens with one attached hydrogen (secondary N) is 2. The first-order chi connectivity index (χ1) is 16.1. The Bertz CT molecular complexity index is 1340. The van der Waals surface area contributed by atoms with Crippen LogP contribution in [0.5, 0.6) is 5.75 Å². The van der Waals surface area contributed by atoms with Crippen molar-refractivity contribution in [1.82, 2.24) is 4.90 Å². The number of likely N-dealkylation sites (tertiary alicyclic amines) is 1. The van der Waals surface area contributed by atoms with Crippen molar-refractivity contribution in [3.8, 4) is 5.75 Å². The summed E-state index contributed by atoms with van der Waals surface area (Å²) in [5.74, 6) is 1.23. The number of piperidine rings is 1. The SMILES string of the molecule is CC(=N)N1CCC(Oc2ccc(N(c3ccc4ccc(C(=N)N)cc4c3)S(C)(=O)=O)cc2)CC1.Cl.Cl. The number of benzene rings is 3. The molecule has 0 aliphatic carbocycles. The van der Waals surface area contributed by atoms with Gasteiger partial charge < -0.3 is 15.4 Å². The van der Waals surface area contributed by atoms with Crippen molar-refractivity contribution in [3.63, 3.8) is 0 Å². The maximum absolute atomic E-state index is 12.7. The van der Waals surface area contributed by atoms with Gasteiger partial charge in [0.2, 0.25) is 10.0 Å². The van der Waals surface area contributed by atoms with Crippen molar-refractivity contribution in [3.05, 3.63) is 66.2 Å². The highest BCUT2D eigenvalue weighted by atomic mass is 35.5. The number of nitrogens with two attached hydrogens (primary N) is 1. The maximum atomic E-state index is 12.7. The number of nitrogen functional groups attached to an aromatic ring is 1. The molecular weight excluding hydrogens is 521 g/mol. The zero-order valence-corrected chi connectivity index (χ0v) is 22.6. The Kier molecular flexibility index (Phi) is 9.59. The second-order valence-electron chi connectivity index (χ2n) is 8.57. The molecule has 0 amide bonds. The second kappa shape index (κ2) is 11.8. The van der Waals surface area contributed by atoms with Gasteiger partial charge in [-0.15, -0.1) is 24.8 Å². The summed E-state index contributed by atoms with van der Waals surface area (Å²) in [5, 5.41) is 17.1. The third-order valence-corrected chi connectivity index (χ3v) is 7.08. The van der Waals surface area contributed by atoms with E-state index in [9.17, 15) is 8.42 Å². The van der Waals surface area contributed by atoms with E-state index in [-0.39, 0.29) is 36.8 Å². The molecule has 1 fully saturated rings. The number of halogens is 2. The molecule has 0 bridgehead atoms. The zero-order valence-electron chi connectivity index (χ0n) is 20.1. The minimum atomic E-state index is -3.62. The van der Waals surface area contributed by atoms with Crippen molar-refractivity contribution >= 4 is 68.7 Å². The Hall–Kier alpha value is -3.01. The monoisotopic (exact) mass is 551 g/mol. The summed E-state index contributed by atoms with van der Waals surface area (Å²) < 4.78 is 32.9. The molecule has 11 heteroatoms. The number of hydrogen-bond acceptors (Lipinski definition) is 5. The molecule has 194 valence electrons. The molecule has 36 heavy (non-hydrogen) atoms. The normalized spacial score (nSPS) is 13.9. The number of fused-ring (bicyclic) bond motifs is 1. The third-order valence-electron chi connectivity index (χ3n) is 5.99. The summed E-state index contributed by atoms with van der Waals surface area (Å²) in [6.45, 7) is 3.39. The van der Waals surface area contributed by atoms with Crippen molar-refractivity contribution in [2.45, 2.75) is 25.9 Å². The highest BCUT2D eigenvalue weighted by Crippen LogP contribution is 2.33. The van der Waals surface area contributed by atoms with E-state index in [1.807, 2.05) is 17.0 Å². The minimum absolute atomic E-state index is 0. The number of rotatable bonds is 6. The summed E-state index contributed by atoms with van der Waals surface area (Å²) in [4.78, 5) is 2.04. The number of ether oxygens (including phenoxy) is 1. The number of anilines is 2. The minimum Gasteiger partial charge on any atom is -0.490 e. The molecule has 1 aliphatic heterocycles. The Morgan fingerprint density at radius 1 is 0.944 bits per heavy atom. The van der Waals surface area contributed by atoms with E-state index in [2.05, 4.69) is 0 Å². The van der Waals surface area contributed by atoms with Crippen LogP contribution < -0.4 is 14.8 Å². The largest absolute Gasteiger partial charge is 0.490 e. The Labute approximate surface area is 224 Å².